The molecule has 2 rings (SSSR count). The number of halogens is 1. The molecule has 0 aliphatic rings. The number of nitrogens with one attached hydrogen (secondary N) is 2. The Labute approximate surface area is 166 Å². The fourth-order valence-corrected chi connectivity index (χ4v) is 3.24. The second-order valence-corrected chi connectivity index (χ2v) is 6.91. The second-order valence-electron chi connectivity index (χ2n) is 5.81. The Bertz CT molecular complexity index is 820. The number of carbonyl (C=O) groups excluding carboxylic acids is 1. The van der Waals surface area contributed by atoms with Crippen LogP contribution in [0.3, 0.4) is 0 Å². The van der Waals surface area contributed by atoms with Crippen molar-refractivity contribution in [3.8, 4) is 0 Å². The number of amides is 1. The van der Waals surface area contributed by atoms with Crippen LogP contribution in [0, 0.1) is 15.9 Å². The lowest BCUT2D eigenvalue weighted by Gasteiger charge is -2.09. The van der Waals surface area contributed by atoms with Gasteiger partial charge in [0.2, 0.25) is 0 Å². The minimum atomic E-state index is -0.532. The summed E-state index contributed by atoms with van der Waals surface area (Å²) in [6, 6.07) is 10.8. The third kappa shape index (κ3) is 6.50. The molecule has 0 saturated carbocycles. The van der Waals surface area contributed by atoms with Crippen molar-refractivity contribution in [1.29, 1.82) is 0 Å². The van der Waals surface area contributed by atoms with Crippen molar-refractivity contribution in [1.82, 2.24) is 5.32 Å². The van der Waals surface area contributed by atoms with E-state index in [2.05, 4.69) is 10.6 Å². The predicted molar refractivity (Wildman–Crippen MR) is 108 cm³/mol. The molecule has 0 bridgehead atoms. The van der Waals surface area contributed by atoms with E-state index >= 15 is 0 Å². The number of carbonyl (C=O) groups is 1. The number of hydrogen-bond acceptors (Lipinski definition) is 6. The Kier molecular flexibility index (Phi) is 8.70. The van der Waals surface area contributed by atoms with Gasteiger partial charge in [-0.25, -0.2) is 4.39 Å². The van der Waals surface area contributed by atoms with Crippen LogP contribution in [0.2, 0.25) is 0 Å². The van der Waals surface area contributed by atoms with E-state index in [-0.39, 0.29) is 17.1 Å². The summed E-state index contributed by atoms with van der Waals surface area (Å²) < 4.78 is 18.4. The lowest BCUT2D eigenvalue weighted by molar-refractivity contribution is -0.384. The number of nitro benzene ring substituents is 1. The molecule has 0 aliphatic carbocycles. The third-order valence-electron chi connectivity index (χ3n) is 3.83. The summed E-state index contributed by atoms with van der Waals surface area (Å²) in [7, 11) is 1.54. The minimum Gasteiger partial charge on any atom is -0.383 e. The molecule has 0 radical (unpaired) electrons. The molecule has 1 amide bonds. The number of methoxy groups -OCH3 is 1. The first-order valence-corrected chi connectivity index (χ1v) is 9.79. The van der Waals surface area contributed by atoms with Crippen molar-refractivity contribution in [2.24, 2.45) is 0 Å². The highest BCUT2D eigenvalue weighted by Gasteiger charge is 2.17. The van der Waals surface area contributed by atoms with E-state index < -0.39 is 10.8 Å². The first kappa shape index (κ1) is 21.6. The first-order valence-electron chi connectivity index (χ1n) is 8.63. The van der Waals surface area contributed by atoms with E-state index in [0.29, 0.717) is 42.5 Å². The maximum absolute atomic E-state index is 13.5. The molecular weight excluding hydrogens is 385 g/mol. The van der Waals surface area contributed by atoms with Gasteiger partial charge < -0.3 is 15.4 Å². The second kappa shape index (κ2) is 11.3. The summed E-state index contributed by atoms with van der Waals surface area (Å²) in [5.74, 6) is 0.470. The number of ether oxygens (including phenoxy) is 1. The van der Waals surface area contributed by atoms with Gasteiger partial charge in [0.1, 0.15) is 11.5 Å². The summed E-state index contributed by atoms with van der Waals surface area (Å²) >= 11 is 1.49. The topological polar surface area (TPSA) is 93.5 Å². The third-order valence-corrected chi connectivity index (χ3v) is 4.83. The number of hydrogen-bond donors (Lipinski definition) is 2. The quantitative estimate of drug-likeness (QED) is 0.337. The van der Waals surface area contributed by atoms with Crippen molar-refractivity contribution in [2.45, 2.75) is 5.75 Å². The van der Waals surface area contributed by atoms with Gasteiger partial charge >= 0.3 is 0 Å². The van der Waals surface area contributed by atoms with Crippen molar-refractivity contribution in [3.05, 3.63) is 69.5 Å². The number of nitrogens with zero attached hydrogens (tertiary/aromatic N) is 1. The highest BCUT2D eigenvalue weighted by atomic mass is 32.2. The zero-order valence-corrected chi connectivity index (χ0v) is 16.3. The van der Waals surface area contributed by atoms with Gasteiger partial charge in [0.25, 0.3) is 11.6 Å². The van der Waals surface area contributed by atoms with Crippen molar-refractivity contribution in [2.75, 3.05) is 37.9 Å². The first-order chi connectivity index (χ1) is 13.5. The molecule has 0 fully saturated rings. The summed E-state index contributed by atoms with van der Waals surface area (Å²) in [5.41, 5.74) is 0.992. The molecule has 2 N–H and O–H groups in total. The standard InChI is InChI=1S/C19H22FN3O4S/c1-27-10-8-21-17-7-6-14(12-18(17)23(25)26)19(24)22-9-11-28-13-15-4-2-3-5-16(15)20/h2-7,12,21H,8-11,13H2,1H3,(H,22,24). The van der Waals surface area contributed by atoms with E-state index in [4.69, 9.17) is 4.74 Å². The lowest BCUT2D eigenvalue weighted by Crippen LogP contribution is -2.26. The Morgan fingerprint density at radius 2 is 2.04 bits per heavy atom. The van der Waals surface area contributed by atoms with Crippen molar-refractivity contribution in [3.63, 3.8) is 0 Å². The highest BCUT2D eigenvalue weighted by Crippen LogP contribution is 2.25. The maximum Gasteiger partial charge on any atom is 0.293 e. The van der Waals surface area contributed by atoms with Crippen molar-refractivity contribution >= 4 is 29.0 Å². The van der Waals surface area contributed by atoms with Gasteiger partial charge in [0, 0.05) is 43.3 Å². The van der Waals surface area contributed by atoms with Crippen LogP contribution in [0.1, 0.15) is 15.9 Å². The van der Waals surface area contributed by atoms with Crippen LogP contribution < -0.4 is 10.6 Å². The van der Waals surface area contributed by atoms with E-state index in [9.17, 15) is 19.3 Å². The normalized spacial score (nSPS) is 10.5. The molecule has 0 unspecified atom stereocenters. The van der Waals surface area contributed by atoms with E-state index in [1.807, 2.05) is 0 Å². The van der Waals surface area contributed by atoms with E-state index in [0.717, 1.165) is 0 Å². The van der Waals surface area contributed by atoms with Crippen molar-refractivity contribution < 1.29 is 18.8 Å². The molecular formula is C19H22FN3O4S. The minimum absolute atomic E-state index is 0.169. The summed E-state index contributed by atoms with van der Waals surface area (Å²) in [6.45, 7) is 1.20. The smallest absolute Gasteiger partial charge is 0.293 e. The molecule has 9 heteroatoms. The molecule has 7 nitrogen and oxygen atoms in total. The van der Waals surface area contributed by atoms with Crippen LogP contribution in [0.15, 0.2) is 42.5 Å². The predicted octanol–water partition coefficient (Wildman–Crippen LogP) is 3.46. The Morgan fingerprint density at radius 1 is 1.25 bits per heavy atom. The number of thioether (sulfide) groups is 1. The van der Waals surface area contributed by atoms with Gasteiger partial charge in [0.15, 0.2) is 0 Å². The van der Waals surface area contributed by atoms with Crippen LogP contribution in [-0.4, -0.2) is 43.4 Å². The van der Waals surface area contributed by atoms with Gasteiger partial charge in [-0.1, -0.05) is 18.2 Å². The van der Waals surface area contributed by atoms with E-state index in [1.165, 1.54) is 43.1 Å². The Morgan fingerprint density at radius 3 is 2.75 bits per heavy atom. The molecule has 28 heavy (non-hydrogen) atoms. The fraction of sp³-hybridized carbons (Fsp3) is 0.316. The summed E-state index contributed by atoms with van der Waals surface area (Å²) in [6.07, 6.45) is 0. The SMILES string of the molecule is COCCNc1ccc(C(=O)NCCSCc2ccccc2F)cc1[N+](=O)[O-]. The average molecular weight is 407 g/mol. The van der Waals surface area contributed by atoms with Gasteiger partial charge in [-0.05, 0) is 23.8 Å². The molecule has 0 spiro atoms. The van der Waals surface area contributed by atoms with Crippen LogP contribution in [0.25, 0.3) is 0 Å². The zero-order valence-electron chi connectivity index (χ0n) is 15.4. The van der Waals surface area contributed by atoms with Crippen LogP contribution in [-0.2, 0) is 10.5 Å². The molecule has 2 aromatic carbocycles. The van der Waals surface area contributed by atoms with Gasteiger partial charge in [0.05, 0.1) is 11.5 Å². The van der Waals surface area contributed by atoms with Gasteiger partial charge in [-0.2, -0.15) is 11.8 Å². The molecule has 0 saturated heterocycles. The molecule has 150 valence electrons. The molecule has 0 atom stereocenters. The lowest BCUT2D eigenvalue weighted by atomic mass is 10.1. The largest absolute Gasteiger partial charge is 0.383 e. The number of nitro groups is 1. The molecule has 2 aromatic rings. The van der Waals surface area contributed by atoms with Crippen LogP contribution in [0.4, 0.5) is 15.8 Å². The number of benzene rings is 2. The summed E-state index contributed by atoms with van der Waals surface area (Å²) in [4.78, 5) is 23.0. The van der Waals surface area contributed by atoms with Gasteiger partial charge in [-0.15, -0.1) is 0 Å². The number of rotatable bonds is 11. The van der Waals surface area contributed by atoms with Gasteiger partial charge in [-0.3, -0.25) is 14.9 Å². The maximum atomic E-state index is 13.5. The Hall–Kier alpha value is -2.65. The molecule has 0 aromatic heterocycles. The zero-order chi connectivity index (χ0) is 20.4. The van der Waals surface area contributed by atoms with E-state index in [1.54, 1.807) is 18.2 Å². The molecule has 0 heterocycles. The molecule has 0 aliphatic heterocycles. The summed E-state index contributed by atoms with van der Waals surface area (Å²) in [5, 5.41) is 16.9. The van der Waals surface area contributed by atoms with Crippen LogP contribution in [0.5, 0.6) is 0 Å². The van der Waals surface area contributed by atoms with Crippen LogP contribution >= 0.6 is 11.8 Å². The monoisotopic (exact) mass is 407 g/mol. The highest BCUT2D eigenvalue weighted by molar-refractivity contribution is 7.98. The fourth-order valence-electron chi connectivity index (χ4n) is 2.40. The average Bonchev–Trinajstić information content (AvgIpc) is 2.69. The Balaban J connectivity index is 1.85. The number of anilines is 1.